The molecule has 1 aromatic heterocycles. The summed E-state index contributed by atoms with van der Waals surface area (Å²) >= 11 is 0. The van der Waals surface area contributed by atoms with Gasteiger partial charge in [0.1, 0.15) is 18.2 Å². The van der Waals surface area contributed by atoms with E-state index < -0.39 is 0 Å². The fraction of sp³-hybridized carbons (Fsp3) is 0.238. The van der Waals surface area contributed by atoms with Crippen LogP contribution in [0, 0.1) is 12.7 Å². The summed E-state index contributed by atoms with van der Waals surface area (Å²) in [6, 6.07) is 13.8. The second-order valence-electron chi connectivity index (χ2n) is 6.16. The average molecular weight is 367 g/mol. The molecule has 0 saturated carbocycles. The summed E-state index contributed by atoms with van der Waals surface area (Å²) in [4.78, 5) is 12.5. The molecule has 2 aromatic carbocycles. The van der Waals surface area contributed by atoms with Crippen LogP contribution in [0.3, 0.4) is 0 Å². The molecule has 27 heavy (non-hydrogen) atoms. The summed E-state index contributed by atoms with van der Waals surface area (Å²) in [7, 11) is 0. The number of ether oxygens (including phenoxy) is 1. The third-order valence-electron chi connectivity index (χ3n) is 4.20. The predicted octanol–water partition coefficient (Wildman–Crippen LogP) is 3.69. The average Bonchev–Trinajstić information content (AvgIpc) is 3.11. The van der Waals surface area contributed by atoms with Crippen LogP contribution in [-0.4, -0.2) is 28.8 Å². The zero-order valence-electron chi connectivity index (χ0n) is 15.4. The van der Waals surface area contributed by atoms with Crippen LogP contribution in [0.1, 0.15) is 28.5 Å². The molecule has 0 aliphatic carbocycles. The molecular weight excluding hydrogens is 345 g/mol. The van der Waals surface area contributed by atoms with Crippen LogP contribution in [0.2, 0.25) is 0 Å². The van der Waals surface area contributed by atoms with Crippen LogP contribution < -0.4 is 10.1 Å². The molecule has 140 valence electrons. The molecule has 6 heteroatoms. The van der Waals surface area contributed by atoms with Crippen molar-refractivity contribution in [3.05, 3.63) is 77.4 Å². The monoisotopic (exact) mass is 367 g/mol. The van der Waals surface area contributed by atoms with Crippen molar-refractivity contribution in [3.8, 4) is 11.4 Å². The maximum absolute atomic E-state index is 13.1. The van der Waals surface area contributed by atoms with E-state index >= 15 is 0 Å². The molecule has 3 aromatic rings. The van der Waals surface area contributed by atoms with Gasteiger partial charge < -0.3 is 10.1 Å². The summed E-state index contributed by atoms with van der Waals surface area (Å²) in [6.45, 7) is 4.73. The quantitative estimate of drug-likeness (QED) is 0.648. The lowest BCUT2D eigenvalue weighted by molar-refractivity contribution is 0.0946. The van der Waals surface area contributed by atoms with Crippen molar-refractivity contribution in [2.75, 3.05) is 13.2 Å². The second kappa shape index (κ2) is 8.49. The Morgan fingerprint density at radius 1 is 1.15 bits per heavy atom. The van der Waals surface area contributed by atoms with Gasteiger partial charge in [-0.1, -0.05) is 24.6 Å². The van der Waals surface area contributed by atoms with Gasteiger partial charge in [0.25, 0.3) is 5.91 Å². The van der Waals surface area contributed by atoms with Gasteiger partial charge in [-0.15, -0.1) is 0 Å². The summed E-state index contributed by atoms with van der Waals surface area (Å²) in [6.07, 6.45) is 2.17. The Balaban J connectivity index is 1.61. The predicted molar refractivity (Wildman–Crippen MR) is 102 cm³/mol. The number of carbonyl (C=O) groups is 1. The van der Waals surface area contributed by atoms with Gasteiger partial charge in [-0.25, -0.2) is 9.07 Å². The Morgan fingerprint density at radius 2 is 1.85 bits per heavy atom. The molecule has 0 radical (unpaired) electrons. The Kier molecular flexibility index (Phi) is 5.86. The first-order valence-corrected chi connectivity index (χ1v) is 8.89. The van der Waals surface area contributed by atoms with Crippen molar-refractivity contribution in [3.63, 3.8) is 0 Å². The third kappa shape index (κ3) is 4.53. The molecule has 0 bridgehead atoms. The Hall–Kier alpha value is -3.15. The van der Waals surface area contributed by atoms with Crippen LogP contribution in [-0.2, 0) is 6.42 Å². The number of aryl methyl sites for hydroxylation is 1. The number of hydrogen-bond acceptors (Lipinski definition) is 3. The molecule has 1 heterocycles. The number of nitrogens with one attached hydrogen (secondary N) is 1. The molecule has 1 N–H and O–H groups in total. The zero-order chi connectivity index (χ0) is 19.2. The van der Waals surface area contributed by atoms with Crippen LogP contribution in [0.4, 0.5) is 4.39 Å². The van der Waals surface area contributed by atoms with Gasteiger partial charge in [0.2, 0.25) is 0 Å². The maximum Gasteiger partial charge on any atom is 0.254 e. The standard InChI is InChI=1S/C21H22FN3O2/c1-3-20-19(14-24-25(20)17-8-6-16(22)7-9-17)21(26)23-12-13-27-18-10-4-15(2)5-11-18/h4-11,14H,3,12-13H2,1-2H3,(H,23,26). The fourth-order valence-corrected chi connectivity index (χ4v) is 2.77. The lowest BCUT2D eigenvalue weighted by Crippen LogP contribution is -2.28. The molecule has 0 saturated heterocycles. The van der Waals surface area contributed by atoms with Crippen molar-refractivity contribution < 1.29 is 13.9 Å². The number of nitrogens with zero attached hydrogens (tertiary/aromatic N) is 2. The van der Waals surface area contributed by atoms with Crippen molar-refractivity contribution in [2.45, 2.75) is 20.3 Å². The van der Waals surface area contributed by atoms with E-state index in [-0.39, 0.29) is 11.7 Å². The van der Waals surface area contributed by atoms with Gasteiger partial charge in [0.05, 0.1) is 29.7 Å². The first kappa shape index (κ1) is 18.6. The van der Waals surface area contributed by atoms with Gasteiger partial charge in [-0.05, 0) is 49.7 Å². The lowest BCUT2D eigenvalue weighted by atomic mass is 10.2. The zero-order valence-corrected chi connectivity index (χ0v) is 15.4. The van der Waals surface area contributed by atoms with Gasteiger partial charge in [0.15, 0.2) is 0 Å². The van der Waals surface area contributed by atoms with Crippen LogP contribution in [0.15, 0.2) is 54.7 Å². The van der Waals surface area contributed by atoms with Gasteiger partial charge in [-0.3, -0.25) is 4.79 Å². The molecule has 0 spiro atoms. The summed E-state index contributed by atoms with van der Waals surface area (Å²) < 4.78 is 20.4. The summed E-state index contributed by atoms with van der Waals surface area (Å²) in [5.74, 6) is 0.261. The minimum absolute atomic E-state index is 0.201. The van der Waals surface area contributed by atoms with E-state index in [4.69, 9.17) is 4.74 Å². The highest BCUT2D eigenvalue weighted by molar-refractivity contribution is 5.95. The molecule has 1 amide bonds. The van der Waals surface area contributed by atoms with Crippen molar-refractivity contribution >= 4 is 5.91 Å². The lowest BCUT2D eigenvalue weighted by Gasteiger charge is -2.09. The third-order valence-corrected chi connectivity index (χ3v) is 4.20. The van der Waals surface area contributed by atoms with Gasteiger partial charge in [0, 0.05) is 0 Å². The first-order chi connectivity index (χ1) is 13.1. The van der Waals surface area contributed by atoms with Crippen LogP contribution in [0.25, 0.3) is 5.69 Å². The normalized spacial score (nSPS) is 10.6. The van der Waals surface area contributed by atoms with E-state index in [2.05, 4.69) is 10.4 Å². The van der Waals surface area contributed by atoms with E-state index in [9.17, 15) is 9.18 Å². The Bertz CT molecular complexity index is 902. The molecule has 0 aliphatic rings. The maximum atomic E-state index is 13.1. The molecule has 0 unspecified atom stereocenters. The number of aromatic nitrogens is 2. The highest BCUT2D eigenvalue weighted by Gasteiger charge is 2.16. The smallest absolute Gasteiger partial charge is 0.254 e. The second-order valence-corrected chi connectivity index (χ2v) is 6.16. The molecule has 0 fully saturated rings. The minimum atomic E-state index is -0.310. The number of rotatable bonds is 7. The minimum Gasteiger partial charge on any atom is -0.492 e. The van der Waals surface area contributed by atoms with E-state index in [1.165, 1.54) is 17.7 Å². The number of carbonyl (C=O) groups excluding carboxylic acids is 1. The van der Waals surface area contributed by atoms with Gasteiger partial charge in [-0.2, -0.15) is 5.10 Å². The van der Waals surface area contributed by atoms with Crippen molar-refractivity contribution in [1.29, 1.82) is 0 Å². The van der Waals surface area contributed by atoms with Crippen molar-refractivity contribution in [2.24, 2.45) is 0 Å². The van der Waals surface area contributed by atoms with Crippen LogP contribution >= 0.6 is 0 Å². The molecular formula is C21H22FN3O2. The first-order valence-electron chi connectivity index (χ1n) is 8.89. The topological polar surface area (TPSA) is 56.1 Å². The van der Waals surface area contributed by atoms with Crippen molar-refractivity contribution in [1.82, 2.24) is 15.1 Å². The molecule has 0 atom stereocenters. The van der Waals surface area contributed by atoms with E-state index in [1.54, 1.807) is 23.0 Å². The van der Waals surface area contributed by atoms with E-state index in [0.717, 1.165) is 17.1 Å². The fourth-order valence-electron chi connectivity index (χ4n) is 2.77. The summed E-state index contributed by atoms with van der Waals surface area (Å²) in [5.41, 5.74) is 3.17. The molecule has 5 nitrogen and oxygen atoms in total. The number of hydrogen-bond donors (Lipinski definition) is 1. The Morgan fingerprint density at radius 3 is 2.52 bits per heavy atom. The highest BCUT2D eigenvalue weighted by atomic mass is 19.1. The number of benzene rings is 2. The SMILES string of the molecule is CCc1c(C(=O)NCCOc2ccc(C)cc2)cnn1-c1ccc(F)cc1. The molecule has 3 rings (SSSR count). The largest absolute Gasteiger partial charge is 0.492 e. The highest BCUT2D eigenvalue weighted by Crippen LogP contribution is 2.16. The molecule has 0 aliphatic heterocycles. The summed E-state index contributed by atoms with van der Waals surface area (Å²) in [5, 5.41) is 7.15. The van der Waals surface area contributed by atoms with E-state index in [0.29, 0.717) is 25.1 Å². The number of amides is 1. The van der Waals surface area contributed by atoms with Gasteiger partial charge >= 0.3 is 0 Å². The number of halogens is 1. The Labute approximate surface area is 157 Å². The van der Waals surface area contributed by atoms with Crippen LogP contribution in [0.5, 0.6) is 5.75 Å². The van der Waals surface area contributed by atoms with E-state index in [1.807, 2.05) is 38.1 Å².